The van der Waals surface area contributed by atoms with E-state index in [0.29, 0.717) is 5.69 Å². The molecule has 0 radical (unpaired) electrons. The number of carbonyl (C=O) groups is 2. The first-order valence-corrected chi connectivity index (χ1v) is 6.72. The smallest absolute Gasteiger partial charge is 0.259 e. The van der Waals surface area contributed by atoms with Gasteiger partial charge in [-0.2, -0.15) is 0 Å². The normalized spacial score (nSPS) is 11.0. The van der Waals surface area contributed by atoms with Crippen molar-refractivity contribution in [1.82, 2.24) is 0 Å². The summed E-state index contributed by atoms with van der Waals surface area (Å²) in [5, 5.41) is 2.73. The molecule has 0 aliphatic carbocycles. The van der Waals surface area contributed by atoms with Crippen LogP contribution in [-0.4, -0.2) is 11.7 Å². The van der Waals surface area contributed by atoms with Crippen LogP contribution in [0, 0.1) is 6.92 Å². The van der Waals surface area contributed by atoms with Crippen LogP contribution >= 0.6 is 0 Å². The summed E-state index contributed by atoms with van der Waals surface area (Å²) >= 11 is 0. The second kappa shape index (κ2) is 6.66. The van der Waals surface area contributed by atoms with E-state index in [-0.39, 0.29) is 11.4 Å². The maximum Gasteiger partial charge on any atom is 0.259 e. The van der Waals surface area contributed by atoms with Gasteiger partial charge in [-0.3, -0.25) is 9.59 Å². The van der Waals surface area contributed by atoms with Crippen LogP contribution in [0.1, 0.15) is 18.1 Å². The molecular weight excluding hydrogens is 262 g/mol. The molecule has 3 heteroatoms. The van der Waals surface area contributed by atoms with Gasteiger partial charge in [0.1, 0.15) is 0 Å². The van der Waals surface area contributed by atoms with Crippen LogP contribution in [0.25, 0.3) is 6.08 Å². The Morgan fingerprint density at radius 1 is 0.952 bits per heavy atom. The van der Waals surface area contributed by atoms with Gasteiger partial charge in [-0.15, -0.1) is 0 Å². The van der Waals surface area contributed by atoms with Crippen LogP contribution in [0.3, 0.4) is 0 Å². The minimum absolute atomic E-state index is 0.141. The summed E-state index contributed by atoms with van der Waals surface area (Å²) in [5.74, 6) is -0.654. The number of amides is 1. The highest BCUT2D eigenvalue weighted by molar-refractivity contribution is 6.25. The zero-order valence-electron chi connectivity index (χ0n) is 12.1. The van der Waals surface area contributed by atoms with Crippen molar-refractivity contribution in [1.29, 1.82) is 0 Å². The van der Waals surface area contributed by atoms with E-state index in [1.165, 1.54) is 6.92 Å². The monoisotopic (exact) mass is 279 g/mol. The predicted octanol–water partition coefficient (Wildman–Crippen LogP) is 3.61. The van der Waals surface area contributed by atoms with E-state index in [9.17, 15) is 9.59 Å². The molecule has 0 aliphatic heterocycles. The van der Waals surface area contributed by atoms with Gasteiger partial charge in [0.25, 0.3) is 5.91 Å². The Kier molecular flexibility index (Phi) is 4.67. The average Bonchev–Trinajstić information content (AvgIpc) is 2.47. The van der Waals surface area contributed by atoms with Gasteiger partial charge in [0.15, 0.2) is 5.78 Å². The molecule has 0 unspecified atom stereocenters. The molecule has 0 heterocycles. The van der Waals surface area contributed by atoms with Crippen molar-refractivity contribution >= 4 is 23.5 Å². The van der Waals surface area contributed by atoms with Crippen molar-refractivity contribution in [2.45, 2.75) is 13.8 Å². The van der Waals surface area contributed by atoms with Gasteiger partial charge in [0.2, 0.25) is 0 Å². The van der Waals surface area contributed by atoms with Gasteiger partial charge in [-0.1, -0.05) is 48.0 Å². The van der Waals surface area contributed by atoms with Crippen molar-refractivity contribution in [3.05, 3.63) is 71.3 Å². The van der Waals surface area contributed by atoms with Gasteiger partial charge in [0.05, 0.1) is 5.57 Å². The van der Waals surface area contributed by atoms with Gasteiger partial charge >= 0.3 is 0 Å². The molecule has 0 aromatic heterocycles. The Morgan fingerprint density at radius 3 is 2.14 bits per heavy atom. The summed E-state index contributed by atoms with van der Waals surface area (Å²) in [4.78, 5) is 23.9. The van der Waals surface area contributed by atoms with E-state index in [2.05, 4.69) is 5.32 Å². The first-order valence-electron chi connectivity index (χ1n) is 6.72. The zero-order chi connectivity index (χ0) is 15.2. The zero-order valence-corrected chi connectivity index (χ0v) is 12.1. The number of rotatable bonds is 4. The summed E-state index contributed by atoms with van der Waals surface area (Å²) < 4.78 is 0. The Morgan fingerprint density at radius 2 is 1.57 bits per heavy atom. The van der Waals surface area contributed by atoms with Gasteiger partial charge < -0.3 is 5.32 Å². The number of para-hydroxylation sites is 1. The maximum atomic E-state index is 12.2. The van der Waals surface area contributed by atoms with E-state index in [1.807, 2.05) is 49.4 Å². The largest absolute Gasteiger partial charge is 0.322 e. The maximum absolute atomic E-state index is 12.2. The highest BCUT2D eigenvalue weighted by atomic mass is 16.2. The van der Waals surface area contributed by atoms with Crippen LogP contribution in [0.4, 0.5) is 5.69 Å². The van der Waals surface area contributed by atoms with Gasteiger partial charge in [0, 0.05) is 5.69 Å². The number of anilines is 1. The Bertz CT molecular complexity index is 670. The quantitative estimate of drug-likeness (QED) is 0.528. The second-order valence-corrected chi connectivity index (χ2v) is 4.85. The van der Waals surface area contributed by atoms with Crippen LogP contribution in [0.5, 0.6) is 0 Å². The number of aryl methyl sites for hydroxylation is 1. The Balaban J connectivity index is 2.24. The van der Waals surface area contributed by atoms with Gasteiger partial charge in [-0.05, 0) is 37.6 Å². The van der Waals surface area contributed by atoms with Crippen LogP contribution < -0.4 is 5.32 Å². The highest BCUT2D eigenvalue weighted by Crippen LogP contribution is 2.13. The fraction of sp³-hybridized carbons (Fsp3) is 0.111. The number of benzene rings is 2. The Hall–Kier alpha value is -2.68. The lowest BCUT2D eigenvalue weighted by molar-refractivity contribution is -0.118. The number of carbonyl (C=O) groups excluding carboxylic acids is 2. The molecule has 0 fully saturated rings. The number of nitrogens with one attached hydrogen (secondary N) is 1. The summed E-state index contributed by atoms with van der Waals surface area (Å²) in [7, 11) is 0. The third kappa shape index (κ3) is 4.14. The van der Waals surface area contributed by atoms with E-state index < -0.39 is 5.91 Å². The predicted molar refractivity (Wildman–Crippen MR) is 84.9 cm³/mol. The third-order valence-corrected chi connectivity index (χ3v) is 3.04. The molecule has 0 spiro atoms. The lowest BCUT2D eigenvalue weighted by atomic mass is 10.1. The van der Waals surface area contributed by atoms with Crippen LogP contribution in [0.15, 0.2) is 60.2 Å². The molecule has 3 nitrogen and oxygen atoms in total. The molecule has 1 amide bonds. The van der Waals surface area contributed by atoms with E-state index in [1.54, 1.807) is 18.2 Å². The fourth-order valence-corrected chi connectivity index (χ4v) is 1.88. The van der Waals surface area contributed by atoms with Crippen molar-refractivity contribution in [3.63, 3.8) is 0 Å². The summed E-state index contributed by atoms with van der Waals surface area (Å²) in [6.07, 6.45) is 1.61. The van der Waals surface area contributed by atoms with Crippen molar-refractivity contribution in [2.24, 2.45) is 0 Å². The number of hydrogen-bond acceptors (Lipinski definition) is 2. The Labute approximate surface area is 124 Å². The molecule has 1 N–H and O–H groups in total. The molecule has 21 heavy (non-hydrogen) atoms. The third-order valence-electron chi connectivity index (χ3n) is 3.04. The number of Topliss-reactive ketones (excluding diaryl/α,β-unsaturated/α-hetero) is 1. The van der Waals surface area contributed by atoms with Crippen LogP contribution in [-0.2, 0) is 9.59 Å². The molecule has 0 saturated carbocycles. The van der Waals surface area contributed by atoms with Crippen molar-refractivity contribution in [2.75, 3.05) is 5.32 Å². The molecule has 2 aromatic carbocycles. The molecule has 0 atom stereocenters. The van der Waals surface area contributed by atoms with Crippen molar-refractivity contribution < 1.29 is 9.59 Å². The molecule has 2 aromatic rings. The van der Waals surface area contributed by atoms with E-state index in [4.69, 9.17) is 0 Å². The second-order valence-electron chi connectivity index (χ2n) is 4.85. The molecule has 2 rings (SSSR count). The first kappa shape index (κ1) is 14.7. The lowest BCUT2D eigenvalue weighted by Crippen LogP contribution is -2.18. The average molecular weight is 279 g/mol. The van der Waals surface area contributed by atoms with E-state index >= 15 is 0 Å². The van der Waals surface area contributed by atoms with Gasteiger partial charge in [-0.25, -0.2) is 0 Å². The molecule has 0 aliphatic rings. The van der Waals surface area contributed by atoms with Crippen molar-refractivity contribution in [3.8, 4) is 0 Å². The first-order chi connectivity index (χ1) is 10.1. The van der Waals surface area contributed by atoms with E-state index in [0.717, 1.165) is 11.1 Å². The lowest BCUT2D eigenvalue weighted by Gasteiger charge is -2.07. The molecule has 0 saturated heterocycles. The summed E-state index contributed by atoms with van der Waals surface area (Å²) in [5.41, 5.74) is 2.76. The topological polar surface area (TPSA) is 46.2 Å². The standard InChI is InChI=1S/C18H17NO2/c1-13-8-10-15(11-9-13)12-17(14(2)20)18(21)19-16-6-4-3-5-7-16/h3-12H,1-2H3,(H,19,21)/b17-12-. The summed E-state index contributed by atoms with van der Waals surface area (Å²) in [6, 6.07) is 16.7. The number of ketones is 1. The highest BCUT2D eigenvalue weighted by Gasteiger charge is 2.14. The minimum atomic E-state index is -0.394. The molecule has 106 valence electrons. The van der Waals surface area contributed by atoms with Crippen LogP contribution in [0.2, 0.25) is 0 Å². The SMILES string of the molecule is CC(=O)/C(=C/c1ccc(C)cc1)C(=O)Nc1ccccc1. The number of hydrogen-bond donors (Lipinski definition) is 1. The fourth-order valence-electron chi connectivity index (χ4n) is 1.88. The summed E-state index contributed by atoms with van der Waals surface area (Å²) in [6.45, 7) is 3.38. The molecule has 0 bridgehead atoms. The minimum Gasteiger partial charge on any atom is -0.322 e. The molecular formula is C18H17NO2.